The Morgan fingerprint density at radius 3 is 2.36 bits per heavy atom. The van der Waals surface area contributed by atoms with E-state index in [0.717, 1.165) is 37.3 Å². The van der Waals surface area contributed by atoms with Crippen molar-refractivity contribution >= 4 is 0 Å². The smallest absolute Gasteiger partial charge is 0.161 e. The van der Waals surface area contributed by atoms with Crippen molar-refractivity contribution in [2.75, 3.05) is 14.2 Å². The maximum absolute atomic E-state index is 5.42. The minimum absolute atomic E-state index is 0.519. The molecule has 3 rings (SSSR count). The number of fused-ring (bicyclic) bond motifs is 1. The zero-order valence-corrected chi connectivity index (χ0v) is 13.3. The molecule has 0 amide bonds. The number of nitrogens with one attached hydrogen (secondary N) is 1. The summed E-state index contributed by atoms with van der Waals surface area (Å²) in [5.74, 6) is 1.65. The van der Waals surface area contributed by atoms with Crippen LogP contribution in [0, 0.1) is 0 Å². The summed E-state index contributed by atoms with van der Waals surface area (Å²) in [7, 11) is 3.38. The van der Waals surface area contributed by atoms with Crippen LogP contribution in [0.4, 0.5) is 0 Å². The van der Waals surface area contributed by atoms with Gasteiger partial charge < -0.3 is 14.8 Å². The van der Waals surface area contributed by atoms with E-state index in [1.54, 1.807) is 14.2 Å². The van der Waals surface area contributed by atoms with E-state index in [0.29, 0.717) is 6.04 Å². The summed E-state index contributed by atoms with van der Waals surface area (Å²) in [5.41, 5.74) is 4.09. The Hall–Kier alpha value is -2.00. The average molecular weight is 297 g/mol. The van der Waals surface area contributed by atoms with Crippen molar-refractivity contribution < 1.29 is 9.47 Å². The third-order valence-electron chi connectivity index (χ3n) is 4.37. The molecule has 0 unspecified atom stereocenters. The largest absolute Gasteiger partial charge is 0.493 e. The Labute approximate surface area is 132 Å². The highest BCUT2D eigenvalue weighted by molar-refractivity contribution is 5.48. The minimum Gasteiger partial charge on any atom is -0.493 e. The molecule has 0 saturated carbocycles. The molecule has 0 aliphatic heterocycles. The zero-order chi connectivity index (χ0) is 15.4. The van der Waals surface area contributed by atoms with Crippen molar-refractivity contribution in [3.63, 3.8) is 0 Å². The maximum atomic E-state index is 5.42. The van der Waals surface area contributed by atoms with Crippen molar-refractivity contribution in [2.45, 2.75) is 31.8 Å². The maximum Gasteiger partial charge on any atom is 0.161 e. The molecule has 0 bridgehead atoms. The third-order valence-corrected chi connectivity index (χ3v) is 4.37. The van der Waals surface area contributed by atoms with Crippen LogP contribution in [0.3, 0.4) is 0 Å². The first-order valence-electron chi connectivity index (χ1n) is 7.81. The van der Waals surface area contributed by atoms with E-state index in [2.05, 4.69) is 47.8 Å². The van der Waals surface area contributed by atoms with Crippen molar-refractivity contribution in [2.24, 2.45) is 0 Å². The predicted octanol–water partition coefficient (Wildman–Crippen LogP) is 3.35. The number of aryl methyl sites for hydroxylation is 1. The molecule has 0 heterocycles. The van der Waals surface area contributed by atoms with Gasteiger partial charge in [-0.15, -0.1) is 0 Å². The van der Waals surface area contributed by atoms with Gasteiger partial charge in [-0.2, -0.15) is 0 Å². The van der Waals surface area contributed by atoms with Crippen LogP contribution in [0.1, 0.15) is 23.1 Å². The van der Waals surface area contributed by atoms with Gasteiger partial charge in [-0.05, 0) is 48.1 Å². The van der Waals surface area contributed by atoms with E-state index < -0.39 is 0 Å². The molecular formula is C19H23NO2. The molecule has 0 saturated heterocycles. The molecule has 1 aliphatic carbocycles. The molecule has 2 aromatic rings. The lowest BCUT2D eigenvalue weighted by molar-refractivity contribution is 0.352. The van der Waals surface area contributed by atoms with Crippen molar-refractivity contribution in [1.29, 1.82) is 0 Å². The van der Waals surface area contributed by atoms with E-state index in [1.165, 1.54) is 16.7 Å². The lowest BCUT2D eigenvalue weighted by Crippen LogP contribution is -2.34. The molecule has 2 aromatic carbocycles. The van der Waals surface area contributed by atoms with Crippen LogP contribution in [0.2, 0.25) is 0 Å². The van der Waals surface area contributed by atoms with Crippen molar-refractivity contribution in [3.05, 3.63) is 59.2 Å². The number of methoxy groups -OCH3 is 2. The van der Waals surface area contributed by atoms with E-state index >= 15 is 0 Å². The van der Waals surface area contributed by atoms with Gasteiger partial charge in [0, 0.05) is 12.6 Å². The lowest BCUT2D eigenvalue weighted by atomic mass is 9.87. The molecule has 0 fully saturated rings. The summed E-state index contributed by atoms with van der Waals surface area (Å²) >= 11 is 0. The summed E-state index contributed by atoms with van der Waals surface area (Å²) in [4.78, 5) is 0. The Bertz CT molecular complexity index is 625. The van der Waals surface area contributed by atoms with Gasteiger partial charge in [0.15, 0.2) is 11.5 Å². The molecule has 116 valence electrons. The third kappa shape index (κ3) is 3.25. The van der Waals surface area contributed by atoms with Crippen LogP contribution in [-0.2, 0) is 19.4 Å². The molecule has 3 heteroatoms. The van der Waals surface area contributed by atoms with Gasteiger partial charge in [0.25, 0.3) is 0 Å². The number of hydrogen-bond donors (Lipinski definition) is 1. The van der Waals surface area contributed by atoms with Crippen molar-refractivity contribution in [1.82, 2.24) is 5.32 Å². The summed E-state index contributed by atoms with van der Waals surface area (Å²) in [6.07, 6.45) is 3.29. The summed E-state index contributed by atoms with van der Waals surface area (Å²) in [6, 6.07) is 15.3. The fraction of sp³-hybridized carbons (Fsp3) is 0.368. The summed E-state index contributed by atoms with van der Waals surface area (Å²) < 4.78 is 10.8. The molecule has 1 aliphatic rings. The Balaban J connectivity index is 1.68. The second-order valence-electron chi connectivity index (χ2n) is 5.78. The number of rotatable bonds is 5. The standard InChI is InChI=1S/C19H23NO2/c1-21-18-11-15-8-9-17(10-16(15)12-19(18)22-2)20-13-14-6-4-3-5-7-14/h3-7,11-12,17,20H,8-10,13H2,1-2H3/t17-/m1/s1. The van der Waals surface area contributed by atoms with Gasteiger partial charge in [0.05, 0.1) is 14.2 Å². The van der Waals surface area contributed by atoms with E-state index in [4.69, 9.17) is 9.47 Å². The SMILES string of the molecule is COc1cc2c(cc1OC)C[C@H](NCc1ccccc1)CC2. The molecule has 3 nitrogen and oxygen atoms in total. The molecule has 0 aromatic heterocycles. The molecule has 22 heavy (non-hydrogen) atoms. The van der Waals surface area contributed by atoms with Crippen LogP contribution in [-0.4, -0.2) is 20.3 Å². The minimum atomic E-state index is 0.519. The van der Waals surface area contributed by atoms with Crippen LogP contribution in [0.5, 0.6) is 11.5 Å². The number of hydrogen-bond acceptors (Lipinski definition) is 3. The fourth-order valence-electron chi connectivity index (χ4n) is 3.12. The average Bonchev–Trinajstić information content (AvgIpc) is 2.59. The zero-order valence-electron chi connectivity index (χ0n) is 13.3. The number of benzene rings is 2. The van der Waals surface area contributed by atoms with E-state index in [9.17, 15) is 0 Å². The van der Waals surface area contributed by atoms with Gasteiger partial charge in [-0.3, -0.25) is 0 Å². The molecule has 1 N–H and O–H groups in total. The summed E-state index contributed by atoms with van der Waals surface area (Å²) in [6.45, 7) is 0.925. The first kappa shape index (κ1) is 14.9. The van der Waals surface area contributed by atoms with Gasteiger partial charge in [0.2, 0.25) is 0 Å². The molecule has 0 radical (unpaired) electrons. The lowest BCUT2D eigenvalue weighted by Gasteiger charge is -2.26. The molecular weight excluding hydrogens is 274 g/mol. The highest BCUT2D eigenvalue weighted by Crippen LogP contribution is 2.34. The van der Waals surface area contributed by atoms with Crippen LogP contribution >= 0.6 is 0 Å². The van der Waals surface area contributed by atoms with Gasteiger partial charge in [-0.25, -0.2) is 0 Å². The van der Waals surface area contributed by atoms with Crippen LogP contribution < -0.4 is 14.8 Å². The van der Waals surface area contributed by atoms with E-state index in [-0.39, 0.29) is 0 Å². The number of ether oxygens (including phenoxy) is 2. The Morgan fingerprint density at radius 2 is 1.68 bits per heavy atom. The highest BCUT2D eigenvalue weighted by atomic mass is 16.5. The first-order chi connectivity index (χ1) is 10.8. The second-order valence-corrected chi connectivity index (χ2v) is 5.78. The van der Waals surface area contributed by atoms with Gasteiger partial charge >= 0.3 is 0 Å². The Morgan fingerprint density at radius 1 is 1.00 bits per heavy atom. The van der Waals surface area contributed by atoms with Crippen molar-refractivity contribution in [3.8, 4) is 11.5 Å². The second kappa shape index (κ2) is 6.84. The topological polar surface area (TPSA) is 30.5 Å². The van der Waals surface area contributed by atoms with Gasteiger partial charge in [0.1, 0.15) is 0 Å². The Kier molecular flexibility index (Phi) is 4.64. The normalized spacial score (nSPS) is 16.9. The van der Waals surface area contributed by atoms with Crippen LogP contribution in [0.25, 0.3) is 0 Å². The fourth-order valence-corrected chi connectivity index (χ4v) is 3.12. The van der Waals surface area contributed by atoms with E-state index in [1.807, 2.05) is 0 Å². The van der Waals surface area contributed by atoms with Crippen LogP contribution in [0.15, 0.2) is 42.5 Å². The highest BCUT2D eigenvalue weighted by Gasteiger charge is 2.20. The quantitative estimate of drug-likeness (QED) is 0.918. The first-order valence-corrected chi connectivity index (χ1v) is 7.81. The van der Waals surface area contributed by atoms with Gasteiger partial charge in [-0.1, -0.05) is 30.3 Å². The molecule has 0 spiro atoms. The molecule has 1 atom stereocenters. The predicted molar refractivity (Wildman–Crippen MR) is 88.6 cm³/mol. The monoisotopic (exact) mass is 297 g/mol. The summed E-state index contributed by atoms with van der Waals surface area (Å²) in [5, 5.41) is 3.67.